The Morgan fingerprint density at radius 1 is 1.18 bits per heavy atom. The number of hydrogen-bond acceptors (Lipinski definition) is 1. The van der Waals surface area contributed by atoms with Gasteiger partial charge in [0, 0.05) is 0 Å². The fraction of sp³-hybridized carbons (Fsp3) is 0.100. The molecule has 0 aliphatic carbocycles. The predicted octanol–water partition coefficient (Wildman–Crippen LogP) is 0.466. The third-order valence-corrected chi connectivity index (χ3v) is 1.55. The Morgan fingerprint density at radius 3 is 2.36 bits per heavy atom. The second kappa shape index (κ2) is 3.71. The van der Waals surface area contributed by atoms with E-state index in [4.69, 9.17) is 0 Å². The van der Waals surface area contributed by atoms with Crippen LogP contribution < -0.4 is 10.4 Å². The lowest BCUT2D eigenvalue weighted by atomic mass is 10.2. The van der Waals surface area contributed by atoms with E-state index < -0.39 is 0 Å². The van der Waals surface area contributed by atoms with Crippen molar-refractivity contribution in [3.8, 4) is 0 Å². The Morgan fingerprint density at radius 2 is 1.82 bits per heavy atom. The van der Waals surface area contributed by atoms with Crippen LogP contribution in [0.15, 0.2) is 24.3 Å². The number of benzene rings is 1. The van der Waals surface area contributed by atoms with Gasteiger partial charge in [0.15, 0.2) is 0 Å². The van der Waals surface area contributed by atoms with E-state index in [1.807, 2.05) is 37.3 Å². The van der Waals surface area contributed by atoms with Crippen molar-refractivity contribution in [3.05, 3.63) is 34.7 Å². The number of aldehydes is 1. The van der Waals surface area contributed by atoms with Crippen molar-refractivity contribution in [2.75, 3.05) is 0 Å². The molecule has 0 unspecified atom stereocenters. The van der Waals surface area contributed by atoms with Gasteiger partial charge >= 0.3 is 0 Å². The Balaban J connectivity index is 3.48. The van der Waals surface area contributed by atoms with Crippen LogP contribution in [-0.2, 0) is 4.79 Å². The van der Waals surface area contributed by atoms with E-state index in [1.54, 1.807) is 6.08 Å². The lowest BCUT2D eigenvalue weighted by molar-refractivity contribution is -0.103. The average Bonchev–Trinajstić information content (AvgIpc) is 2.06. The monoisotopic (exact) mass is 146 g/mol. The van der Waals surface area contributed by atoms with Crippen LogP contribution in [0.4, 0.5) is 0 Å². The van der Waals surface area contributed by atoms with Crippen LogP contribution in [0.2, 0.25) is 0 Å². The molecule has 1 aromatic carbocycles. The molecule has 0 N–H and O–H groups in total. The summed E-state index contributed by atoms with van der Waals surface area (Å²) in [5, 5.41) is 2.07. The maximum absolute atomic E-state index is 10.2. The zero-order valence-electron chi connectivity index (χ0n) is 6.45. The third-order valence-electron chi connectivity index (χ3n) is 1.55. The molecule has 0 aliphatic rings. The number of rotatable bonds is 1. The van der Waals surface area contributed by atoms with Crippen molar-refractivity contribution < 1.29 is 4.79 Å². The highest BCUT2D eigenvalue weighted by atomic mass is 16.1. The molecule has 0 amide bonds. The SMILES string of the molecule is C/C=c1/cccc/c1=C/C=O. The van der Waals surface area contributed by atoms with Gasteiger partial charge in [-0.1, -0.05) is 30.3 Å². The molecule has 1 nitrogen and oxygen atoms in total. The molecule has 1 rings (SSSR count). The van der Waals surface area contributed by atoms with Crippen LogP contribution in [0.5, 0.6) is 0 Å². The van der Waals surface area contributed by atoms with Gasteiger partial charge < -0.3 is 0 Å². The number of carbonyl (C=O) groups is 1. The highest BCUT2D eigenvalue weighted by Crippen LogP contribution is 1.70. The van der Waals surface area contributed by atoms with Gasteiger partial charge in [-0.3, -0.25) is 4.79 Å². The van der Waals surface area contributed by atoms with Crippen molar-refractivity contribution in [1.29, 1.82) is 0 Å². The molecule has 0 bridgehead atoms. The van der Waals surface area contributed by atoms with E-state index in [1.165, 1.54) is 0 Å². The second-order valence-electron chi connectivity index (χ2n) is 2.22. The molecule has 0 heterocycles. The molecule has 0 saturated carbocycles. The zero-order chi connectivity index (χ0) is 8.10. The first-order chi connectivity index (χ1) is 5.38. The predicted molar refractivity (Wildman–Crippen MR) is 46.4 cm³/mol. The molecule has 0 spiro atoms. The molecule has 0 aliphatic heterocycles. The summed E-state index contributed by atoms with van der Waals surface area (Å²) in [6.45, 7) is 1.96. The average molecular weight is 146 g/mol. The summed E-state index contributed by atoms with van der Waals surface area (Å²) >= 11 is 0. The van der Waals surface area contributed by atoms with Crippen molar-refractivity contribution in [2.45, 2.75) is 6.92 Å². The maximum Gasteiger partial charge on any atom is 0.143 e. The Hall–Kier alpha value is -1.37. The van der Waals surface area contributed by atoms with Crippen molar-refractivity contribution in [2.24, 2.45) is 0 Å². The molecule has 11 heavy (non-hydrogen) atoms. The first kappa shape index (κ1) is 7.73. The van der Waals surface area contributed by atoms with Gasteiger partial charge in [0.1, 0.15) is 6.29 Å². The molecule has 0 fully saturated rings. The van der Waals surface area contributed by atoms with Crippen LogP contribution in [0.3, 0.4) is 0 Å². The number of carbonyl (C=O) groups excluding carboxylic acids is 1. The summed E-state index contributed by atoms with van der Waals surface area (Å²) < 4.78 is 0. The van der Waals surface area contributed by atoms with Crippen molar-refractivity contribution >= 4 is 18.4 Å². The lowest BCUT2D eigenvalue weighted by Crippen LogP contribution is -2.23. The van der Waals surface area contributed by atoms with Gasteiger partial charge in [0.25, 0.3) is 0 Å². The molecule has 0 radical (unpaired) electrons. The molecule has 0 saturated heterocycles. The minimum absolute atomic E-state index is 0.808. The summed E-state index contributed by atoms with van der Waals surface area (Å²) in [5.74, 6) is 0. The van der Waals surface area contributed by atoms with E-state index in [-0.39, 0.29) is 0 Å². The number of hydrogen-bond donors (Lipinski definition) is 0. The summed E-state index contributed by atoms with van der Waals surface area (Å²) in [6, 6.07) is 7.78. The molecule has 0 atom stereocenters. The van der Waals surface area contributed by atoms with Gasteiger partial charge in [-0.25, -0.2) is 0 Å². The molecule has 1 heteroatoms. The van der Waals surface area contributed by atoms with Gasteiger partial charge in [0.05, 0.1) is 0 Å². The summed E-state index contributed by atoms with van der Waals surface area (Å²) in [4.78, 5) is 10.2. The fourth-order valence-corrected chi connectivity index (χ4v) is 0.999. The lowest BCUT2D eigenvalue weighted by Gasteiger charge is -1.85. The first-order valence-electron chi connectivity index (χ1n) is 3.55. The Labute approximate surface area is 65.7 Å². The minimum atomic E-state index is 0.808. The zero-order valence-corrected chi connectivity index (χ0v) is 6.45. The van der Waals surface area contributed by atoms with Gasteiger partial charge in [-0.05, 0) is 23.4 Å². The van der Waals surface area contributed by atoms with E-state index in [0.29, 0.717) is 0 Å². The first-order valence-corrected chi connectivity index (χ1v) is 3.55. The topological polar surface area (TPSA) is 17.1 Å². The molecule has 1 aromatic rings. The van der Waals surface area contributed by atoms with Gasteiger partial charge in [-0.2, -0.15) is 0 Å². The van der Waals surface area contributed by atoms with Crippen molar-refractivity contribution in [3.63, 3.8) is 0 Å². The van der Waals surface area contributed by atoms with Crippen LogP contribution in [0, 0.1) is 0 Å². The van der Waals surface area contributed by atoms with Crippen LogP contribution in [0.25, 0.3) is 12.2 Å². The highest BCUT2D eigenvalue weighted by molar-refractivity contribution is 5.86. The molecular formula is C10H10O. The van der Waals surface area contributed by atoms with Crippen LogP contribution >= 0.6 is 0 Å². The molecule has 0 aromatic heterocycles. The Bertz CT molecular complexity index is 349. The summed E-state index contributed by atoms with van der Waals surface area (Å²) in [7, 11) is 0. The third kappa shape index (κ3) is 1.77. The van der Waals surface area contributed by atoms with E-state index in [9.17, 15) is 4.79 Å². The normalized spacial score (nSPS) is 13.5. The van der Waals surface area contributed by atoms with E-state index in [2.05, 4.69) is 0 Å². The summed E-state index contributed by atoms with van der Waals surface area (Å²) in [6.07, 6.45) is 4.35. The largest absolute Gasteiger partial charge is 0.299 e. The van der Waals surface area contributed by atoms with Gasteiger partial charge in [-0.15, -0.1) is 0 Å². The van der Waals surface area contributed by atoms with Crippen LogP contribution in [0.1, 0.15) is 6.92 Å². The maximum atomic E-state index is 10.2. The molecule has 56 valence electrons. The molecular weight excluding hydrogens is 136 g/mol. The minimum Gasteiger partial charge on any atom is -0.299 e. The van der Waals surface area contributed by atoms with E-state index in [0.717, 1.165) is 16.7 Å². The second-order valence-corrected chi connectivity index (χ2v) is 2.22. The Kier molecular flexibility index (Phi) is 2.61. The standard InChI is InChI=1S/C10H10O/c1-2-9-5-3-4-6-10(9)7-8-11/h2-8H,1H3/b9-2-,10-7-. The van der Waals surface area contributed by atoms with Gasteiger partial charge in [0.2, 0.25) is 0 Å². The smallest absolute Gasteiger partial charge is 0.143 e. The fourth-order valence-electron chi connectivity index (χ4n) is 0.999. The summed E-state index contributed by atoms with van der Waals surface area (Å²) in [5.41, 5.74) is 0. The van der Waals surface area contributed by atoms with E-state index >= 15 is 0 Å². The van der Waals surface area contributed by atoms with Crippen LogP contribution in [-0.4, -0.2) is 6.29 Å². The van der Waals surface area contributed by atoms with Crippen molar-refractivity contribution in [1.82, 2.24) is 0 Å². The highest BCUT2D eigenvalue weighted by Gasteiger charge is 1.79. The quantitative estimate of drug-likeness (QED) is 0.526.